The maximum atomic E-state index is 12.7. The van der Waals surface area contributed by atoms with Crippen molar-refractivity contribution in [3.8, 4) is 18.0 Å². The first-order valence-electron chi connectivity index (χ1n) is 11.6. The molecule has 0 bridgehead atoms. The fraction of sp³-hybridized carbons (Fsp3) is 0.286. The van der Waals surface area contributed by atoms with Crippen molar-refractivity contribution in [3.63, 3.8) is 0 Å². The first kappa shape index (κ1) is 23.9. The van der Waals surface area contributed by atoms with Crippen LogP contribution in [0.4, 0.5) is 0 Å². The highest BCUT2D eigenvalue weighted by Gasteiger charge is 2.31. The van der Waals surface area contributed by atoms with Crippen LogP contribution >= 0.6 is 0 Å². The number of carbonyl (C=O) groups excluding carboxylic acids is 1. The molecule has 7 nitrogen and oxygen atoms in total. The third kappa shape index (κ3) is 5.84. The standard InChI is InChI=1S/C28H27N5O2/c1-19(2)35-26-12-11-24(17-31-26)27(22-7-3-20(15-29)4-8-22)33-14-13-25(18-33)32-28(34)23-9-5-21(16-30)6-10-23/h3-12,17,19,25,27H,13-14,18H2,1-2H3,(H,32,34). The Balaban J connectivity index is 1.52. The van der Waals surface area contributed by atoms with Gasteiger partial charge >= 0.3 is 0 Å². The third-order valence-corrected chi connectivity index (χ3v) is 5.98. The Kier molecular flexibility index (Phi) is 7.40. The Bertz CT molecular complexity index is 1240. The number of rotatable bonds is 7. The van der Waals surface area contributed by atoms with Crippen LogP contribution in [0.15, 0.2) is 66.9 Å². The van der Waals surface area contributed by atoms with Gasteiger partial charge in [-0.3, -0.25) is 9.69 Å². The number of hydrogen-bond acceptors (Lipinski definition) is 6. The van der Waals surface area contributed by atoms with Gasteiger partial charge in [0.25, 0.3) is 5.91 Å². The molecular weight excluding hydrogens is 438 g/mol. The van der Waals surface area contributed by atoms with E-state index in [4.69, 9.17) is 10.00 Å². The average Bonchev–Trinajstić information content (AvgIpc) is 3.33. The highest BCUT2D eigenvalue weighted by molar-refractivity contribution is 5.94. The SMILES string of the molecule is CC(C)Oc1ccc(C(c2ccc(C#N)cc2)N2CCC(NC(=O)c3ccc(C#N)cc3)C2)cn1. The van der Waals surface area contributed by atoms with Crippen molar-refractivity contribution in [2.75, 3.05) is 13.1 Å². The topological polar surface area (TPSA) is 102 Å². The molecule has 1 aliphatic heterocycles. The average molecular weight is 466 g/mol. The largest absolute Gasteiger partial charge is 0.475 e. The summed E-state index contributed by atoms with van der Waals surface area (Å²) in [6.45, 7) is 5.40. The molecule has 2 heterocycles. The minimum Gasteiger partial charge on any atom is -0.475 e. The molecule has 0 spiro atoms. The molecule has 0 saturated carbocycles. The Hall–Kier alpha value is -4.20. The lowest BCUT2D eigenvalue weighted by Gasteiger charge is -2.29. The summed E-state index contributed by atoms with van der Waals surface area (Å²) in [5, 5.41) is 21.3. The maximum absolute atomic E-state index is 12.7. The van der Waals surface area contributed by atoms with Crippen molar-refractivity contribution >= 4 is 5.91 Å². The van der Waals surface area contributed by atoms with Crippen LogP contribution in [0.1, 0.15) is 58.9 Å². The molecule has 1 aromatic heterocycles. The van der Waals surface area contributed by atoms with Crippen LogP contribution in [0.25, 0.3) is 0 Å². The van der Waals surface area contributed by atoms with Gasteiger partial charge in [-0.05, 0) is 67.8 Å². The molecule has 1 saturated heterocycles. The van der Waals surface area contributed by atoms with Crippen molar-refractivity contribution in [1.29, 1.82) is 10.5 Å². The number of nitriles is 2. The summed E-state index contributed by atoms with van der Waals surface area (Å²) < 4.78 is 5.70. The molecule has 4 rings (SSSR count). The zero-order valence-corrected chi connectivity index (χ0v) is 19.8. The normalized spacial score (nSPS) is 16.3. The molecule has 1 amide bonds. The molecular formula is C28H27N5O2. The first-order chi connectivity index (χ1) is 17.0. The van der Waals surface area contributed by atoms with Gasteiger partial charge in [0.15, 0.2) is 0 Å². The number of amides is 1. The Labute approximate surface area is 205 Å². The lowest BCUT2D eigenvalue weighted by Crippen LogP contribution is -2.38. The van der Waals surface area contributed by atoms with Crippen molar-refractivity contribution in [3.05, 3.63) is 94.7 Å². The summed E-state index contributed by atoms with van der Waals surface area (Å²) in [4.78, 5) is 19.6. The first-order valence-corrected chi connectivity index (χ1v) is 11.6. The quantitative estimate of drug-likeness (QED) is 0.561. The molecule has 0 radical (unpaired) electrons. The molecule has 2 unspecified atom stereocenters. The highest BCUT2D eigenvalue weighted by Crippen LogP contribution is 2.32. The lowest BCUT2D eigenvalue weighted by molar-refractivity contribution is 0.0937. The molecule has 1 N–H and O–H groups in total. The summed E-state index contributed by atoms with van der Waals surface area (Å²) in [5.41, 5.74) is 3.75. The number of nitrogens with one attached hydrogen (secondary N) is 1. The van der Waals surface area contributed by atoms with E-state index in [0.29, 0.717) is 29.1 Å². The number of benzene rings is 2. The van der Waals surface area contributed by atoms with Crippen molar-refractivity contribution in [1.82, 2.24) is 15.2 Å². The summed E-state index contributed by atoms with van der Waals surface area (Å²) in [6.07, 6.45) is 2.70. The molecule has 2 atom stereocenters. The molecule has 3 aromatic rings. The van der Waals surface area contributed by atoms with Crippen molar-refractivity contribution in [2.24, 2.45) is 0 Å². The van der Waals surface area contributed by atoms with E-state index in [2.05, 4.69) is 27.3 Å². The van der Waals surface area contributed by atoms with Crippen molar-refractivity contribution < 1.29 is 9.53 Å². The second kappa shape index (κ2) is 10.8. The number of nitrogens with zero attached hydrogens (tertiary/aromatic N) is 4. The number of carbonyl (C=O) groups is 1. The molecule has 176 valence electrons. The lowest BCUT2D eigenvalue weighted by atomic mass is 9.97. The van der Waals surface area contributed by atoms with E-state index in [1.807, 2.05) is 56.4 Å². The van der Waals surface area contributed by atoms with E-state index in [1.54, 1.807) is 24.3 Å². The van der Waals surface area contributed by atoms with Crippen molar-refractivity contribution in [2.45, 2.75) is 38.5 Å². The minimum absolute atomic E-state index is 0.00414. The summed E-state index contributed by atoms with van der Waals surface area (Å²) >= 11 is 0. The second-order valence-corrected chi connectivity index (χ2v) is 8.88. The van der Waals surface area contributed by atoms with Crippen LogP contribution in [-0.2, 0) is 0 Å². The van der Waals surface area contributed by atoms with Gasteiger partial charge in [0.2, 0.25) is 5.88 Å². The van der Waals surface area contributed by atoms with Crippen LogP contribution in [0.2, 0.25) is 0 Å². The molecule has 0 aliphatic carbocycles. The van der Waals surface area contributed by atoms with E-state index >= 15 is 0 Å². The number of likely N-dealkylation sites (tertiary alicyclic amines) is 1. The van der Waals surface area contributed by atoms with E-state index in [9.17, 15) is 10.1 Å². The van der Waals surface area contributed by atoms with Gasteiger partial charge in [-0.1, -0.05) is 18.2 Å². The summed E-state index contributed by atoms with van der Waals surface area (Å²) in [5.74, 6) is 0.435. The third-order valence-electron chi connectivity index (χ3n) is 5.98. The molecule has 1 aliphatic rings. The van der Waals surface area contributed by atoms with Gasteiger partial charge in [0.1, 0.15) is 0 Å². The van der Waals surface area contributed by atoms with E-state index in [-0.39, 0.29) is 24.1 Å². The van der Waals surface area contributed by atoms with E-state index in [1.165, 1.54) is 0 Å². The predicted molar refractivity (Wildman–Crippen MR) is 132 cm³/mol. The number of aromatic nitrogens is 1. The van der Waals surface area contributed by atoms with Crippen LogP contribution in [0.5, 0.6) is 5.88 Å². The highest BCUT2D eigenvalue weighted by atomic mass is 16.5. The van der Waals surface area contributed by atoms with Gasteiger partial charge in [-0.15, -0.1) is 0 Å². The van der Waals surface area contributed by atoms with E-state index < -0.39 is 0 Å². The van der Waals surface area contributed by atoms with Gasteiger partial charge in [0, 0.05) is 37.0 Å². The number of ether oxygens (including phenoxy) is 1. The zero-order valence-electron chi connectivity index (χ0n) is 19.8. The summed E-state index contributed by atoms with van der Waals surface area (Å²) in [6, 6.07) is 22.3. The number of hydrogen-bond donors (Lipinski definition) is 1. The Morgan fingerprint density at radius 2 is 1.63 bits per heavy atom. The zero-order chi connectivity index (χ0) is 24.8. The fourth-order valence-electron chi connectivity index (χ4n) is 4.32. The van der Waals surface area contributed by atoms with Crippen LogP contribution in [0.3, 0.4) is 0 Å². The Morgan fingerprint density at radius 1 is 1.00 bits per heavy atom. The van der Waals surface area contributed by atoms with Crippen LogP contribution in [0, 0.1) is 22.7 Å². The fourth-order valence-corrected chi connectivity index (χ4v) is 4.32. The van der Waals surface area contributed by atoms with Crippen LogP contribution < -0.4 is 10.1 Å². The minimum atomic E-state index is -0.145. The second-order valence-electron chi connectivity index (χ2n) is 8.88. The van der Waals surface area contributed by atoms with Gasteiger partial charge in [0.05, 0.1) is 35.4 Å². The maximum Gasteiger partial charge on any atom is 0.251 e. The molecule has 7 heteroatoms. The van der Waals surface area contributed by atoms with Gasteiger partial charge in [-0.2, -0.15) is 10.5 Å². The monoisotopic (exact) mass is 465 g/mol. The molecule has 2 aromatic carbocycles. The van der Waals surface area contributed by atoms with E-state index in [0.717, 1.165) is 24.1 Å². The predicted octanol–water partition coefficient (Wildman–Crippen LogP) is 4.21. The van der Waals surface area contributed by atoms with Gasteiger partial charge < -0.3 is 10.1 Å². The molecule has 1 fully saturated rings. The summed E-state index contributed by atoms with van der Waals surface area (Å²) in [7, 11) is 0. The van der Waals surface area contributed by atoms with Crippen LogP contribution in [-0.4, -0.2) is 41.0 Å². The van der Waals surface area contributed by atoms with Gasteiger partial charge in [-0.25, -0.2) is 4.98 Å². The number of pyridine rings is 1. The molecule has 35 heavy (non-hydrogen) atoms. The Morgan fingerprint density at radius 3 is 2.20 bits per heavy atom. The smallest absolute Gasteiger partial charge is 0.251 e.